The van der Waals surface area contributed by atoms with E-state index in [-0.39, 0.29) is 38.0 Å². The van der Waals surface area contributed by atoms with Crippen LogP contribution in [0.1, 0.15) is 25.5 Å². The van der Waals surface area contributed by atoms with Crippen LogP contribution < -0.4 is 5.73 Å². The highest BCUT2D eigenvalue weighted by molar-refractivity contribution is 6.36. The fourth-order valence-corrected chi connectivity index (χ4v) is 3.16. The molecule has 0 atom stereocenters. The highest BCUT2D eigenvalue weighted by Crippen LogP contribution is 2.26. The van der Waals surface area contributed by atoms with E-state index >= 15 is 0 Å². The van der Waals surface area contributed by atoms with Gasteiger partial charge < -0.3 is 15.7 Å². The second kappa shape index (κ2) is 10.1. The maximum atomic E-state index is 13.3. The number of hydrogen-bond acceptors (Lipinski definition) is 1. The number of aryl methyl sites for hydroxylation is 1. The summed E-state index contributed by atoms with van der Waals surface area (Å²) in [4.78, 5) is 5.78. The van der Waals surface area contributed by atoms with Gasteiger partial charge in [0.2, 0.25) is 0 Å². The summed E-state index contributed by atoms with van der Waals surface area (Å²) in [6.07, 6.45) is 3.99. The zero-order valence-electron chi connectivity index (χ0n) is 14.4. The minimum absolute atomic E-state index is 0. The number of fused-ring (bicyclic) bond motifs is 2. The number of nitrogens with two attached hydrogens (primary N) is 1. The molecule has 0 aliphatic rings. The highest BCUT2D eigenvalue weighted by atomic mass is 35.5. The van der Waals surface area contributed by atoms with E-state index in [2.05, 4.69) is 9.97 Å². The molecule has 3 nitrogen and oxygen atoms in total. The second-order valence-corrected chi connectivity index (χ2v) is 6.62. The molecule has 28 heavy (non-hydrogen) atoms. The Morgan fingerprint density at radius 2 is 1.29 bits per heavy atom. The number of aromatic amines is 2. The first-order valence-corrected chi connectivity index (χ1v) is 8.80. The minimum atomic E-state index is -0.298. The van der Waals surface area contributed by atoms with Gasteiger partial charge in [0.05, 0.1) is 10.0 Å². The van der Waals surface area contributed by atoms with Crippen LogP contribution in [0, 0.1) is 11.6 Å². The Kier molecular flexibility index (Phi) is 8.76. The molecule has 8 heteroatoms. The number of H-pyrrole nitrogens is 2. The molecule has 4 N–H and O–H groups in total. The van der Waals surface area contributed by atoms with Crippen molar-refractivity contribution in [2.75, 3.05) is 0 Å². The first-order valence-electron chi connectivity index (χ1n) is 8.04. The van der Waals surface area contributed by atoms with Crippen LogP contribution in [0.4, 0.5) is 8.78 Å². The molecule has 0 aliphatic carbocycles. The Hall–Kier alpha value is -1.79. The monoisotopic (exact) mass is 447 g/mol. The van der Waals surface area contributed by atoms with Crippen LogP contribution in [-0.2, 0) is 13.0 Å². The number of hydrogen-bond donors (Lipinski definition) is 3. The highest BCUT2D eigenvalue weighted by Gasteiger charge is 2.07. The summed E-state index contributed by atoms with van der Waals surface area (Å²) in [6.45, 7) is 2.11. The molecule has 0 amide bonds. The lowest BCUT2D eigenvalue weighted by Gasteiger charge is -1.99. The lowest BCUT2D eigenvalue weighted by Crippen LogP contribution is -1.99. The van der Waals surface area contributed by atoms with Crippen molar-refractivity contribution in [1.29, 1.82) is 0 Å². The van der Waals surface area contributed by atoms with Gasteiger partial charge in [-0.1, -0.05) is 37.6 Å². The average molecular weight is 449 g/mol. The van der Waals surface area contributed by atoms with Crippen molar-refractivity contribution in [3.05, 3.63) is 69.5 Å². The maximum absolute atomic E-state index is 13.3. The van der Waals surface area contributed by atoms with Crippen molar-refractivity contribution in [2.24, 2.45) is 5.73 Å². The molecule has 2 aromatic heterocycles. The van der Waals surface area contributed by atoms with Gasteiger partial charge in [0.1, 0.15) is 11.6 Å². The predicted octanol–water partition coefficient (Wildman–Crippen LogP) is 7.00. The van der Waals surface area contributed by atoms with E-state index in [0.717, 1.165) is 16.3 Å². The minimum Gasteiger partial charge on any atom is -0.360 e. The Morgan fingerprint density at radius 1 is 0.857 bits per heavy atom. The van der Waals surface area contributed by atoms with Crippen LogP contribution in [0.2, 0.25) is 10.0 Å². The van der Waals surface area contributed by atoms with E-state index in [0.29, 0.717) is 33.1 Å². The van der Waals surface area contributed by atoms with Crippen LogP contribution in [-0.4, -0.2) is 9.97 Å². The Labute approximate surface area is 178 Å². The maximum Gasteiger partial charge on any atom is 0.129 e. The third kappa shape index (κ3) is 4.78. The van der Waals surface area contributed by atoms with Crippen LogP contribution >= 0.6 is 35.6 Å². The predicted molar refractivity (Wildman–Crippen MR) is 118 cm³/mol. The average Bonchev–Trinajstić information content (AvgIpc) is 3.16. The molecule has 0 fully saturated rings. The van der Waals surface area contributed by atoms with E-state index < -0.39 is 0 Å². The molecule has 2 heterocycles. The molecule has 0 aliphatic heterocycles. The molecule has 4 aromatic rings. The van der Waals surface area contributed by atoms with Crippen molar-refractivity contribution >= 4 is 57.4 Å². The number of rotatable bonds is 2. The Morgan fingerprint density at radius 3 is 1.71 bits per heavy atom. The second-order valence-electron chi connectivity index (χ2n) is 5.81. The zero-order valence-corrected chi connectivity index (χ0v) is 16.7. The summed E-state index contributed by atoms with van der Waals surface area (Å²) in [5.41, 5.74) is 7.99. The summed E-state index contributed by atoms with van der Waals surface area (Å²) in [6, 6.07) is 6.36. The van der Waals surface area contributed by atoms with Crippen LogP contribution in [0.3, 0.4) is 0 Å². The zero-order chi connectivity index (χ0) is 18.8. The summed E-state index contributed by atoms with van der Waals surface area (Å²) >= 11 is 11.8. The molecule has 152 valence electrons. The number of aromatic nitrogens is 2. The van der Waals surface area contributed by atoms with Crippen molar-refractivity contribution in [3.63, 3.8) is 0 Å². The third-order valence-corrected chi connectivity index (χ3v) is 4.82. The van der Waals surface area contributed by atoms with Gasteiger partial charge in [0.15, 0.2) is 0 Å². The number of benzene rings is 2. The SMILES string of the molecule is C.CCc1cc2c(Cl)c[nH]c2cc1F.Cl.NCc1cc2c(Cl)c[nH]c2cc1F. The first-order chi connectivity index (χ1) is 12.4. The Balaban J connectivity index is 0.000000261. The van der Waals surface area contributed by atoms with E-state index in [9.17, 15) is 8.78 Å². The van der Waals surface area contributed by atoms with E-state index in [4.69, 9.17) is 28.9 Å². The van der Waals surface area contributed by atoms with Gasteiger partial charge in [-0.3, -0.25) is 0 Å². The summed E-state index contributed by atoms with van der Waals surface area (Å²) in [5.74, 6) is -0.470. The summed E-state index contributed by atoms with van der Waals surface area (Å²) in [7, 11) is 0. The van der Waals surface area contributed by atoms with E-state index in [1.807, 2.05) is 6.92 Å². The number of halogens is 5. The molecule has 0 spiro atoms. The van der Waals surface area contributed by atoms with Gasteiger partial charge in [0, 0.05) is 46.3 Å². The fraction of sp³-hybridized carbons (Fsp3) is 0.200. The standard InChI is InChI=1S/C10H9ClFN.C9H8ClFN2.CH4.ClH/c1-2-6-3-7-8(11)5-13-10(7)4-9(6)12;10-7-4-13-9-2-8(11)5(3-12)1-6(7)9;;/h3-5,13H,2H2,1H3;1-2,4,13H,3,12H2;1H4;1H. The van der Waals surface area contributed by atoms with E-state index in [1.165, 1.54) is 12.1 Å². The lowest BCUT2D eigenvalue weighted by atomic mass is 10.1. The van der Waals surface area contributed by atoms with Crippen molar-refractivity contribution < 1.29 is 8.78 Å². The van der Waals surface area contributed by atoms with Crippen molar-refractivity contribution in [1.82, 2.24) is 9.97 Å². The lowest BCUT2D eigenvalue weighted by molar-refractivity contribution is 0.612. The first kappa shape index (κ1) is 24.2. The van der Waals surface area contributed by atoms with Crippen LogP contribution in [0.5, 0.6) is 0 Å². The van der Waals surface area contributed by atoms with Gasteiger partial charge in [-0.25, -0.2) is 8.78 Å². The van der Waals surface area contributed by atoms with Crippen molar-refractivity contribution in [2.45, 2.75) is 27.3 Å². The smallest absolute Gasteiger partial charge is 0.129 e. The van der Waals surface area contributed by atoms with Crippen molar-refractivity contribution in [3.8, 4) is 0 Å². The van der Waals surface area contributed by atoms with Gasteiger partial charge in [-0.05, 0) is 36.2 Å². The normalized spacial score (nSPS) is 10.2. The fourth-order valence-electron chi connectivity index (χ4n) is 2.74. The van der Waals surface area contributed by atoms with E-state index in [1.54, 1.807) is 24.5 Å². The van der Waals surface area contributed by atoms with Crippen LogP contribution in [0.15, 0.2) is 36.7 Å². The molecular formula is C20H22Cl3F2N3. The molecule has 0 saturated carbocycles. The molecule has 4 rings (SSSR count). The quantitative estimate of drug-likeness (QED) is 0.304. The molecule has 0 bridgehead atoms. The van der Waals surface area contributed by atoms with Gasteiger partial charge in [-0.15, -0.1) is 12.4 Å². The molecular weight excluding hydrogens is 427 g/mol. The molecule has 2 aromatic carbocycles. The Bertz CT molecular complexity index is 988. The number of nitrogens with one attached hydrogen (secondary N) is 2. The summed E-state index contributed by atoms with van der Waals surface area (Å²) in [5, 5.41) is 2.93. The van der Waals surface area contributed by atoms with Gasteiger partial charge >= 0.3 is 0 Å². The summed E-state index contributed by atoms with van der Waals surface area (Å²) < 4.78 is 26.5. The molecule has 0 unspecified atom stereocenters. The van der Waals surface area contributed by atoms with Gasteiger partial charge in [-0.2, -0.15) is 0 Å². The topological polar surface area (TPSA) is 57.6 Å². The molecule has 0 saturated heterocycles. The molecule has 0 radical (unpaired) electrons. The van der Waals surface area contributed by atoms with Gasteiger partial charge in [0.25, 0.3) is 0 Å². The van der Waals surface area contributed by atoms with Crippen LogP contribution in [0.25, 0.3) is 21.8 Å². The largest absolute Gasteiger partial charge is 0.360 e. The third-order valence-electron chi connectivity index (χ3n) is 4.20.